The van der Waals surface area contributed by atoms with Crippen LogP contribution in [0, 0.1) is 38.5 Å². The number of anilines is 1. The first-order chi connectivity index (χ1) is 9.29. The molecule has 1 aromatic carbocycles. The molecule has 0 fully saturated rings. The van der Waals surface area contributed by atoms with Gasteiger partial charge in [0.1, 0.15) is 6.07 Å². The molecule has 1 rings (SSSR count). The molecule has 8 nitrogen and oxygen atoms in total. The van der Waals surface area contributed by atoms with Crippen LogP contribution in [0.25, 0.3) is 0 Å². The predicted molar refractivity (Wildman–Crippen MR) is 69.3 cm³/mol. The number of hydrazone groups is 1. The molecule has 0 bridgehead atoms. The maximum atomic E-state index is 13.6. The topological polar surface area (TPSA) is 141 Å². The quantitative estimate of drug-likeness (QED) is 0.251. The van der Waals surface area contributed by atoms with E-state index in [9.17, 15) is 18.9 Å². The molecular formula is C9H5BrF2N6O2. The van der Waals surface area contributed by atoms with Gasteiger partial charge in [-0.1, -0.05) is 0 Å². The van der Waals surface area contributed by atoms with Crippen LogP contribution in [0.4, 0.5) is 20.2 Å². The van der Waals surface area contributed by atoms with E-state index in [1.807, 2.05) is 5.43 Å². The molecule has 0 radical (unpaired) electrons. The second-order valence-electron chi connectivity index (χ2n) is 3.24. The number of nitriles is 1. The Morgan fingerprint density at radius 1 is 1.60 bits per heavy atom. The van der Waals surface area contributed by atoms with Gasteiger partial charge in [0.25, 0.3) is 5.69 Å². The van der Waals surface area contributed by atoms with Gasteiger partial charge in [0.2, 0.25) is 5.71 Å². The molecule has 0 heterocycles. The van der Waals surface area contributed by atoms with Crippen LogP contribution < -0.4 is 11.2 Å². The number of rotatable bonds is 4. The fourth-order valence-electron chi connectivity index (χ4n) is 1.09. The van der Waals surface area contributed by atoms with E-state index in [2.05, 4.69) is 21.0 Å². The van der Waals surface area contributed by atoms with E-state index in [-0.39, 0.29) is 0 Å². The van der Waals surface area contributed by atoms with Crippen molar-refractivity contribution in [2.24, 2.45) is 10.8 Å². The maximum absolute atomic E-state index is 13.6. The van der Waals surface area contributed by atoms with E-state index >= 15 is 0 Å². The number of nitro benzene ring substituents is 1. The number of benzene rings is 1. The fraction of sp³-hybridized carbons (Fsp3) is 0. The summed E-state index contributed by atoms with van der Waals surface area (Å²) in [5.74, 6) is -3.66. The standard InChI is InChI=1S/C9H5BrF2N6O2/c10-3-1-5(18(19)20)8(7(12)6(3)11)17-16-4(2-13)9(14)15/h1,17H,(H3,14,15)/b16-4+. The minimum Gasteiger partial charge on any atom is -0.382 e. The first-order valence-corrected chi connectivity index (χ1v) is 5.49. The lowest BCUT2D eigenvalue weighted by atomic mass is 10.2. The second kappa shape index (κ2) is 6.02. The summed E-state index contributed by atoms with van der Waals surface area (Å²) in [6.07, 6.45) is 0. The van der Waals surface area contributed by atoms with Crippen LogP contribution in [-0.2, 0) is 0 Å². The van der Waals surface area contributed by atoms with E-state index in [0.29, 0.717) is 0 Å². The van der Waals surface area contributed by atoms with Crippen LogP contribution in [0.5, 0.6) is 0 Å². The Morgan fingerprint density at radius 3 is 2.65 bits per heavy atom. The molecule has 0 aliphatic heterocycles. The lowest BCUT2D eigenvalue weighted by Gasteiger charge is -2.06. The van der Waals surface area contributed by atoms with E-state index in [0.717, 1.165) is 6.07 Å². The molecule has 0 atom stereocenters. The highest BCUT2D eigenvalue weighted by Gasteiger charge is 2.24. The monoisotopic (exact) mass is 346 g/mol. The third-order valence-electron chi connectivity index (χ3n) is 1.98. The van der Waals surface area contributed by atoms with Crippen LogP contribution in [-0.4, -0.2) is 16.5 Å². The predicted octanol–water partition coefficient (Wildman–Crippen LogP) is 1.86. The fourth-order valence-corrected chi connectivity index (χ4v) is 1.48. The summed E-state index contributed by atoms with van der Waals surface area (Å²) in [5, 5.41) is 29.5. The Labute approximate surface area is 118 Å². The lowest BCUT2D eigenvalue weighted by molar-refractivity contribution is -0.384. The van der Waals surface area contributed by atoms with Gasteiger partial charge in [0, 0.05) is 6.07 Å². The zero-order valence-electron chi connectivity index (χ0n) is 9.45. The van der Waals surface area contributed by atoms with E-state index in [4.69, 9.17) is 16.4 Å². The first-order valence-electron chi connectivity index (χ1n) is 4.69. The van der Waals surface area contributed by atoms with Crippen molar-refractivity contribution in [1.82, 2.24) is 0 Å². The van der Waals surface area contributed by atoms with Crippen LogP contribution in [0.15, 0.2) is 15.6 Å². The number of hydrogen-bond donors (Lipinski definition) is 3. The van der Waals surface area contributed by atoms with Gasteiger partial charge in [-0.3, -0.25) is 20.9 Å². The highest BCUT2D eigenvalue weighted by molar-refractivity contribution is 9.10. The maximum Gasteiger partial charge on any atom is 0.298 e. The Hall–Kier alpha value is -2.61. The third-order valence-corrected chi connectivity index (χ3v) is 2.56. The molecule has 20 heavy (non-hydrogen) atoms. The number of nitro groups is 1. The van der Waals surface area contributed by atoms with Crippen LogP contribution >= 0.6 is 15.9 Å². The molecule has 0 amide bonds. The van der Waals surface area contributed by atoms with Crippen molar-refractivity contribution in [2.75, 3.05) is 5.43 Å². The Morgan fingerprint density at radius 2 is 2.20 bits per heavy atom. The Bertz CT molecular complexity index is 669. The zero-order chi connectivity index (χ0) is 15.4. The van der Waals surface area contributed by atoms with Gasteiger partial charge >= 0.3 is 0 Å². The molecule has 11 heteroatoms. The highest BCUT2D eigenvalue weighted by Crippen LogP contribution is 2.34. The molecular weight excluding hydrogens is 342 g/mol. The summed E-state index contributed by atoms with van der Waals surface area (Å²) in [5.41, 5.74) is 4.49. The van der Waals surface area contributed by atoms with E-state index in [1.165, 1.54) is 6.07 Å². The van der Waals surface area contributed by atoms with Crippen LogP contribution in [0.2, 0.25) is 0 Å². The number of nitrogens with two attached hydrogens (primary N) is 1. The zero-order valence-corrected chi connectivity index (χ0v) is 11.0. The smallest absolute Gasteiger partial charge is 0.298 e. The summed E-state index contributed by atoms with van der Waals surface area (Å²) in [6.45, 7) is 0. The van der Waals surface area contributed by atoms with Gasteiger partial charge in [-0.2, -0.15) is 10.4 Å². The molecule has 4 N–H and O–H groups in total. The second-order valence-corrected chi connectivity index (χ2v) is 4.09. The van der Waals surface area contributed by atoms with E-state index in [1.54, 1.807) is 0 Å². The van der Waals surface area contributed by atoms with Crippen molar-refractivity contribution >= 4 is 38.9 Å². The molecule has 0 aliphatic rings. The minimum absolute atomic E-state index is 0.441. The van der Waals surface area contributed by atoms with Crippen molar-refractivity contribution in [1.29, 1.82) is 10.7 Å². The van der Waals surface area contributed by atoms with Crippen molar-refractivity contribution in [3.05, 3.63) is 32.3 Å². The van der Waals surface area contributed by atoms with Gasteiger partial charge in [-0.05, 0) is 15.9 Å². The average Bonchev–Trinajstić information content (AvgIpc) is 2.38. The van der Waals surface area contributed by atoms with Crippen LogP contribution in [0.3, 0.4) is 0 Å². The van der Waals surface area contributed by atoms with Gasteiger partial charge in [-0.15, -0.1) is 0 Å². The Balaban J connectivity index is 3.38. The minimum atomic E-state index is -1.56. The molecule has 0 aromatic heterocycles. The largest absolute Gasteiger partial charge is 0.382 e. The van der Waals surface area contributed by atoms with Crippen molar-refractivity contribution < 1.29 is 13.7 Å². The number of nitrogens with zero attached hydrogens (tertiary/aromatic N) is 3. The van der Waals surface area contributed by atoms with E-state index < -0.39 is 44.0 Å². The van der Waals surface area contributed by atoms with Gasteiger partial charge in [0.05, 0.1) is 9.40 Å². The molecule has 0 saturated carbocycles. The number of amidine groups is 1. The summed E-state index contributed by atoms with van der Waals surface area (Å²) >= 11 is 2.63. The van der Waals surface area contributed by atoms with Gasteiger partial charge < -0.3 is 5.73 Å². The van der Waals surface area contributed by atoms with Gasteiger partial charge in [0.15, 0.2) is 23.2 Å². The molecule has 0 aliphatic carbocycles. The van der Waals surface area contributed by atoms with Crippen molar-refractivity contribution in [2.45, 2.75) is 0 Å². The lowest BCUT2D eigenvalue weighted by Crippen LogP contribution is -2.22. The SMILES string of the molecule is N#C/C(=N\Nc1c([N+](=O)[O-])cc(Br)c(F)c1F)C(=N)N. The molecule has 0 spiro atoms. The van der Waals surface area contributed by atoms with Crippen LogP contribution in [0.1, 0.15) is 0 Å². The highest BCUT2D eigenvalue weighted by atomic mass is 79.9. The molecule has 104 valence electrons. The summed E-state index contributed by atoms with van der Waals surface area (Å²) < 4.78 is 26.5. The number of halogens is 3. The number of hydrogen-bond acceptors (Lipinski definition) is 6. The summed E-state index contributed by atoms with van der Waals surface area (Å²) in [4.78, 5) is 9.79. The normalized spacial score (nSPS) is 10.8. The first kappa shape index (κ1) is 15.4. The molecule has 0 saturated heterocycles. The number of nitrogens with one attached hydrogen (secondary N) is 2. The third kappa shape index (κ3) is 3.04. The Kier molecular flexibility index (Phi) is 4.65. The van der Waals surface area contributed by atoms with Crippen molar-refractivity contribution in [3.63, 3.8) is 0 Å². The molecule has 1 aromatic rings. The molecule has 0 unspecified atom stereocenters. The summed E-state index contributed by atoms with van der Waals surface area (Å²) in [7, 11) is 0. The average molecular weight is 347 g/mol. The van der Waals surface area contributed by atoms with Gasteiger partial charge in [-0.25, -0.2) is 8.78 Å². The van der Waals surface area contributed by atoms with Crippen molar-refractivity contribution in [3.8, 4) is 6.07 Å². The summed E-state index contributed by atoms with van der Waals surface area (Å²) in [6, 6.07) is 2.14.